The topological polar surface area (TPSA) is 37.4 Å². The second-order valence-electron chi connectivity index (χ2n) is 6.04. The zero-order valence-electron chi connectivity index (χ0n) is 15.8. The fourth-order valence-corrected chi connectivity index (χ4v) is 2.54. The third-order valence-electron chi connectivity index (χ3n) is 3.80. The second kappa shape index (κ2) is 10.6. The summed E-state index contributed by atoms with van der Waals surface area (Å²) in [6.45, 7) is 12.6. The van der Waals surface area contributed by atoms with Crippen LogP contribution in [0.4, 0.5) is 0 Å². The van der Waals surface area contributed by atoms with Crippen molar-refractivity contribution in [3.63, 3.8) is 0 Å². The van der Waals surface area contributed by atoms with Gasteiger partial charge in [-0.15, -0.1) is 54.5 Å². The largest absolute Gasteiger partial charge is 0.569 e. The maximum Gasteiger partial charge on any atom is 0.217 e. The van der Waals surface area contributed by atoms with Crippen LogP contribution in [0.1, 0.15) is 25.0 Å². The van der Waals surface area contributed by atoms with Crippen LogP contribution in [0.2, 0.25) is 0 Å². The Balaban J connectivity index is 0.000000350. The number of rotatable bonds is 3. The van der Waals surface area contributed by atoms with Crippen molar-refractivity contribution in [3.8, 4) is 11.3 Å². The average Bonchev–Trinajstić information content (AvgIpc) is 2.62. The Labute approximate surface area is 174 Å². The number of aliphatic hydroxyl groups is 1. The van der Waals surface area contributed by atoms with E-state index in [-0.39, 0.29) is 25.9 Å². The SMILES string of the molecule is C=[O+][C-](C)/C=C(/C)O.C=[n+]1ccc2c(c1-c1[c-]cc(C)cc1)[CH-]C=CC=2.[Ir]. The number of aromatic nitrogens is 1. The first-order chi connectivity index (χ1) is 12.4. The standard InChI is InChI=1S/C17H14N.C6H10O2.Ir/c1-13-7-9-15(10-8-13)17-16-6-4-3-5-14(16)11-12-18(17)2;1-5(7)4-6(2)8-3;/h3-9,11-12H,2H2,1H3;4,7H,3H2,1-2H3;/q-1;;/b;5-4-;. The van der Waals surface area contributed by atoms with Crippen LogP contribution in [0.15, 0.2) is 54.4 Å². The van der Waals surface area contributed by atoms with Crippen molar-refractivity contribution in [1.29, 1.82) is 0 Å². The molecule has 4 heteroatoms. The van der Waals surface area contributed by atoms with Crippen molar-refractivity contribution in [2.24, 2.45) is 0 Å². The molecule has 0 spiro atoms. The van der Waals surface area contributed by atoms with Crippen LogP contribution in [-0.2, 0) is 24.5 Å². The van der Waals surface area contributed by atoms with Gasteiger partial charge in [0.2, 0.25) is 6.10 Å². The number of benzene rings is 1. The number of pyridine rings is 1. The quantitative estimate of drug-likeness (QED) is 0.276. The Kier molecular flexibility index (Phi) is 8.80. The van der Waals surface area contributed by atoms with Gasteiger partial charge < -0.3 is 9.53 Å². The molecule has 1 aromatic heterocycles. The van der Waals surface area contributed by atoms with Crippen molar-refractivity contribution in [2.45, 2.75) is 20.8 Å². The van der Waals surface area contributed by atoms with Gasteiger partial charge in [-0.1, -0.05) is 30.2 Å². The van der Waals surface area contributed by atoms with Gasteiger partial charge in [0.05, 0.1) is 0 Å². The van der Waals surface area contributed by atoms with E-state index in [9.17, 15) is 0 Å². The Hall–Kier alpha value is -2.55. The first-order valence-electron chi connectivity index (χ1n) is 8.28. The van der Waals surface area contributed by atoms with Crippen molar-refractivity contribution in [2.75, 3.05) is 0 Å². The minimum absolute atomic E-state index is 0. The molecule has 3 rings (SSSR count). The number of aryl methyl sites for hydroxylation is 1. The third kappa shape index (κ3) is 6.28. The molecule has 143 valence electrons. The summed E-state index contributed by atoms with van der Waals surface area (Å²) in [6, 6.07) is 11.6. The van der Waals surface area contributed by atoms with Crippen LogP contribution in [-0.4, -0.2) is 11.9 Å². The van der Waals surface area contributed by atoms with E-state index in [1.807, 2.05) is 16.5 Å². The minimum Gasteiger partial charge on any atom is -0.569 e. The molecule has 0 saturated carbocycles. The van der Waals surface area contributed by atoms with E-state index in [0.29, 0.717) is 6.10 Å². The smallest absolute Gasteiger partial charge is 0.217 e. The predicted molar refractivity (Wildman–Crippen MR) is 105 cm³/mol. The summed E-state index contributed by atoms with van der Waals surface area (Å²) in [5, 5.41) is 9.81. The zero-order valence-corrected chi connectivity index (χ0v) is 18.2. The summed E-state index contributed by atoms with van der Waals surface area (Å²) in [5.41, 5.74) is 4.60. The molecule has 3 nitrogen and oxygen atoms in total. The molecule has 27 heavy (non-hydrogen) atoms. The molecule has 2 aromatic rings. The number of nitrogens with zero attached hydrogens (tertiary/aromatic N) is 1. The summed E-state index contributed by atoms with van der Waals surface area (Å²) >= 11 is 0. The number of carbonyl (C=O) groups excluding carboxylic acids is 1. The summed E-state index contributed by atoms with van der Waals surface area (Å²) in [7, 11) is 0. The fourth-order valence-electron chi connectivity index (χ4n) is 2.54. The Morgan fingerprint density at radius 1 is 1.37 bits per heavy atom. The van der Waals surface area contributed by atoms with Gasteiger partial charge in [-0.25, -0.2) is 4.24 Å². The molecule has 0 unspecified atom stereocenters. The van der Waals surface area contributed by atoms with Gasteiger partial charge in [0.1, 0.15) is 12.4 Å². The van der Waals surface area contributed by atoms with Gasteiger partial charge in [-0.2, -0.15) is 0 Å². The Bertz CT molecular complexity index is 940. The molecule has 0 saturated heterocycles. The van der Waals surface area contributed by atoms with Gasteiger partial charge >= 0.3 is 0 Å². The molecule has 0 fully saturated rings. The molecule has 0 aliphatic heterocycles. The first kappa shape index (κ1) is 22.5. The molecule has 1 aliphatic carbocycles. The van der Waals surface area contributed by atoms with Crippen LogP contribution in [0.5, 0.6) is 0 Å². The van der Waals surface area contributed by atoms with E-state index in [4.69, 9.17) is 5.11 Å². The summed E-state index contributed by atoms with van der Waals surface area (Å²) < 4.78 is 6.40. The van der Waals surface area contributed by atoms with Crippen molar-refractivity contribution < 1.29 is 33.9 Å². The van der Waals surface area contributed by atoms with Gasteiger partial charge in [0.25, 0.3) is 0 Å². The number of hydrogen-bond acceptors (Lipinski definition) is 1. The predicted octanol–water partition coefficient (Wildman–Crippen LogP) is 3.65. The molecule has 1 aromatic carbocycles. The van der Waals surface area contributed by atoms with Gasteiger partial charge in [0.15, 0.2) is 13.0 Å². The molecular weight excluding hydrogens is 514 g/mol. The number of allylic oxidation sites excluding steroid dienone is 3. The average molecular weight is 539 g/mol. The Morgan fingerprint density at radius 2 is 2.11 bits per heavy atom. The fraction of sp³-hybridized carbons (Fsp3) is 0.130. The third-order valence-corrected chi connectivity index (χ3v) is 3.80. The van der Waals surface area contributed by atoms with Crippen LogP contribution in [0.3, 0.4) is 0 Å². The Morgan fingerprint density at radius 3 is 2.67 bits per heavy atom. The molecular formula is C23H24IrNO2-. The van der Waals surface area contributed by atoms with Crippen molar-refractivity contribution in [1.82, 2.24) is 0 Å². The molecule has 0 atom stereocenters. The molecule has 1 radical (unpaired) electrons. The van der Waals surface area contributed by atoms with E-state index in [1.54, 1.807) is 13.8 Å². The summed E-state index contributed by atoms with van der Waals surface area (Å²) in [5.74, 6) is 0.228. The van der Waals surface area contributed by atoms with E-state index < -0.39 is 0 Å². The van der Waals surface area contributed by atoms with Crippen LogP contribution in [0, 0.1) is 32.2 Å². The van der Waals surface area contributed by atoms with Crippen LogP contribution < -0.4 is 9.46 Å². The number of hydrogen-bond donors (Lipinski definition) is 1. The van der Waals surface area contributed by atoms with Crippen molar-refractivity contribution in [3.05, 3.63) is 96.1 Å². The summed E-state index contributed by atoms with van der Waals surface area (Å²) in [4.78, 5) is 0. The maximum absolute atomic E-state index is 8.59. The first-order valence-corrected chi connectivity index (χ1v) is 8.28. The van der Waals surface area contributed by atoms with E-state index in [1.165, 1.54) is 22.4 Å². The second-order valence-corrected chi connectivity index (χ2v) is 6.04. The molecule has 1 N–H and O–H groups in total. The van der Waals surface area contributed by atoms with E-state index in [2.05, 4.69) is 73.8 Å². The molecule has 1 heterocycles. The zero-order chi connectivity index (χ0) is 19.1. The van der Waals surface area contributed by atoms with Crippen molar-refractivity contribution >= 4 is 12.9 Å². The number of fused-ring (bicyclic) bond motifs is 1. The summed E-state index contributed by atoms with van der Waals surface area (Å²) in [6.07, 6.45) is 12.4. The van der Waals surface area contributed by atoms with E-state index >= 15 is 0 Å². The number of aliphatic hydroxyl groups excluding tert-OH is 1. The van der Waals surface area contributed by atoms with Gasteiger partial charge in [0, 0.05) is 27.0 Å². The molecule has 0 amide bonds. The normalized spacial score (nSPS) is 11.6. The monoisotopic (exact) mass is 539 g/mol. The molecule has 0 bridgehead atoms. The minimum atomic E-state index is 0. The van der Waals surface area contributed by atoms with Crippen LogP contribution in [0.25, 0.3) is 17.3 Å². The van der Waals surface area contributed by atoms with Gasteiger partial charge in [-0.3, -0.25) is 0 Å². The maximum atomic E-state index is 8.59. The molecule has 1 aliphatic rings. The van der Waals surface area contributed by atoms with Crippen LogP contribution >= 0.6 is 0 Å². The van der Waals surface area contributed by atoms with E-state index in [0.717, 1.165) is 11.3 Å². The van der Waals surface area contributed by atoms with Gasteiger partial charge in [-0.05, 0) is 17.9 Å².